The van der Waals surface area contributed by atoms with Crippen molar-refractivity contribution in [3.8, 4) is 0 Å². The van der Waals surface area contributed by atoms with Crippen LogP contribution in [0.25, 0.3) is 11.0 Å². The van der Waals surface area contributed by atoms with Gasteiger partial charge in [0.1, 0.15) is 0 Å². The molecule has 2 aromatic rings. The van der Waals surface area contributed by atoms with E-state index in [1.165, 1.54) is 12.8 Å². The van der Waals surface area contributed by atoms with E-state index in [1.54, 1.807) is 6.07 Å². The quantitative estimate of drug-likeness (QED) is 0.705. The van der Waals surface area contributed by atoms with Crippen molar-refractivity contribution in [2.24, 2.45) is 11.7 Å². The number of nitrogens with two attached hydrogens (primary N) is 1. The Labute approximate surface area is 103 Å². The first-order valence-electron chi connectivity index (χ1n) is 6.15. The Morgan fingerprint density at radius 2 is 1.83 bits per heavy atom. The van der Waals surface area contributed by atoms with Gasteiger partial charge in [-0.2, -0.15) is 0 Å². The van der Waals surface area contributed by atoms with Crippen LogP contribution in [0.2, 0.25) is 0 Å². The number of nitrogens with one attached hydrogen (secondary N) is 2. The van der Waals surface area contributed by atoms with Crippen molar-refractivity contribution < 1.29 is 0 Å². The fourth-order valence-electron chi connectivity index (χ4n) is 2.21. The molecule has 1 unspecified atom stereocenters. The minimum absolute atomic E-state index is 0.00247. The zero-order valence-corrected chi connectivity index (χ0v) is 9.90. The molecule has 94 valence electrons. The largest absolute Gasteiger partial charge is 0.324 e. The van der Waals surface area contributed by atoms with Crippen LogP contribution in [0.15, 0.2) is 27.8 Å². The minimum atomic E-state index is -0.629. The molecule has 1 atom stereocenters. The van der Waals surface area contributed by atoms with Crippen molar-refractivity contribution in [1.82, 2.24) is 9.97 Å². The second-order valence-corrected chi connectivity index (χ2v) is 5.00. The Hall–Kier alpha value is -1.88. The fourth-order valence-corrected chi connectivity index (χ4v) is 2.21. The Balaban J connectivity index is 2.01. The van der Waals surface area contributed by atoms with E-state index in [0.717, 1.165) is 17.9 Å². The van der Waals surface area contributed by atoms with Crippen molar-refractivity contribution >= 4 is 11.0 Å². The molecule has 0 saturated heterocycles. The van der Waals surface area contributed by atoms with Gasteiger partial charge in [-0.1, -0.05) is 18.9 Å². The molecule has 4 N–H and O–H groups in total. The highest BCUT2D eigenvalue weighted by Crippen LogP contribution is 2.36. The van der Waals surface area contributed by atoms with Crippen LogP contribution in [0.4, 0.5) is 0 Å². The molecule has 1 heterocycles. The average Bonchev–Trinajstić information content (AvgIpc) is 3.14. The van der Waals surface area contributed by atoms with Gasteiger partial charge in [-0.25, -0.2) is 0 Å². The Kier molecular flexibility index (Phi) is 2.56. The van der Waals surface area contributed by atoms with Gasteiger partial charge in [0.2, 0.25) is 0 Å². The van der Waals surface area contributed by atoms with Crippen LogP contribution < -0.4 is 16.9 Å². The predicted octanol–water partition coefficient (Wildman–Crippen LogP) is 1.02. The number of benzene rings is 1. The zero-order chi connectivity index (χ0) is 12.7. The van der Waals surface area contributed by atoms with E-state index in [1.807, 2.05) is 12.1 Å². The van der Waals surface area contributed by atoms with Gasteiger partial charge in [0.05, 0.1) is 11.0 Å². The van der Waals surface area contributed by atoms with Crippen molar-refractivity contribution in [3.05, 3.63) is 44.5 Å². The molecule has 1 saturated carbocycles. The highest BCUT2D eigenvalue weighted by Gasteiger charge is 2.24. The second-order valence-electron chi connectivity index (χ2n) is 5.00. The molecule has 5 nitrogen and oxygen atoms in total. The number of hydrogen-bond donors (Lipinski definition) is 3. The molecule has 3 rings (SSSR count). The number of aromatic nitrogens is 2. The molecule has 0 bridgehead atoms. The van der Waals surface area contributed by atoms with E-state index in [0.29, 0.717) is 11.0 Å². The molecular formula is C13H15N3O2. The molecule has 1 aliphatic rings. The van der Waals surface area contributed by atoms with Crippen LogP contribution >= 0.6 is 0 Å². The summed E-state index contributed by atoms with van der Waals surface area (Å²) in [7, 11) is 0. The van der Waals surface area contributed by atoms with Crippen molar-refractivity contribution in [2.75, 3.05) is 0 Å². The summed E-state index contributed by atoms with van der Waals surface area (Å²) >= 11 is 0. The van der Waals surface area contributed by atoms with Gasteiger partial charge in [0.15, 0.2) is 0 Å². The third-order valence-electron chi connectivity index (χ3n) is 3.46. The summed E-state index contributed by atoms with van der Waals surface area (Å²) in [6.07, 6.45) is 3.52. The number of rotatable bonds is 3. The van der Waals surface area contributed by atoms with Gasteiger partial charge in [-0.3, -0.25) is 9.59 Å². The van der Waals surface area contributed by atoms with Crippen LogP contribution in [0.1, 0.15) is 30.9 Å². The Morgan fingerprint density at radius 3 is 2.50 bits per heavy atom. The Bertz CT molecular complexity index is 697. The highest BCUT2D eigenvalue weighted by atomic mass is 16.2. The minimum Gasteiger partial charge on any atom is -0.324 e. The summed E-state index contributed by atoms with van der Waals surface area (Å²) in [4.78, 5) is 27.6. The standard InChI is InChI=1S/C13H15N3O2/c14-9(5-7-1-2-7)8-3-4-10-11(6-8)16-13(18)12(17)15-10/h3-4,6-7,9H,1-2,5,14H2,(H,15,17)(H,16,18). The first-order valence-corrected chi connectivity index (χ1v) is 6.15. The van der Waals surface area contributed by atoms with Gasteiger partial charge < -0.3 is 15.7 Å². The lowest BCUT2D eigenvalue weighted by molar-refractivity contribution is 0.597. The molecule has 0 aliphatic heterocycles. The molecule has 18 heavy (non-hydrogen) atoms. The van der Waals surface area contributed by atoms with Gasteiger partial charge in [0, 0.05) is 6.04 Å². The summed E-state index contributed by atoms with van der Waals surface area (Å²) in [5.41, 5.74) is 7.13. The molecule has 0 radical (unpaired) electrons. The van der Waals surface area contributed by atoms with E-state index in [2.05, 4.69) is 9.97 Å². The van der Waals surface area contributed by atoms with Crippen LogP contribution in [-0.2, 0) is 0 Å². The topological polar surface area (TPSA) is 91.7 Å². The van der Waals surface area contributed by atoms with Gasteiger partial charge in [-0.05, 0) is 30.0 Å². The third-order valence-corrected chi connectivity index (χ3v) is 3.46. The van der Waals surface area contributed by atoms with E-state index in [4.69, 9.17) is 5.73 Å². The molecular weight excluding hydrogens is 230 g/mol. The van der Waals surface area contributed by atoms with Crippen LogP contribution in [0.5, 0.6) is 0 Å². The lowest BCUT2D eigenvalue weighted by Gasteiger charge is -2.11. The fraction of sp³-hybridized carbons (Fsp3) is 0.385. The normalized spacial score (nSPS) is 16.9. The van der Waals surface area contributed by atoms with E-state index in [-0.39, 0.29) is 6.04 Å². The van der Waals surface area contributed by atoms with E-state index in [9.17, 15) is 9.59 Å². The monoisotopic (exact) mass is 245 g/mol. The smallest absolute Gasteiger partial charge is 0.314 e. The first kappa shape index (κ1) is 11.2. The van der Waals surface area contributed by atoms with Gasteiger partial charge in [-0.15, -0.1) is 0 Å². The number of aromatic amines is 2. The van der Waals surface area contributed by atoms with Crippen molar-refractivity contribution in [1.29, 1.82) is 0 Å². The number of H-pyrrole nitrogens is 2. The average molecular weight is 245 g/mol. The van der Waals surface area contributed by atoms with E-state index < -0.39 is 11.1 Å². The molecule has 5 heteroatoms. The lowest BCUT2D eigenvalue weighted by Crippen LogP contribution is -2.29. The molecule has 0 spiro atoms. The van der Waals surface area contributed by atoms with Crippen LogP contribution in [0.3, 0.4) is 0 Å². The molecule has 1 aliphatic carbocycles. The summed E-state index contributed by atoms with van der Waals surface area (Å²) in [5.74, 6) is 0.755. The summed E-state index contributed by atoms with van der Waals surface area (Å²) in [6.45, 7) is 0. The Morgan fingerprint density at radius 1 is 1.17 bits per heavy atom. The summed E-state index contributed by atoms with van der Waals surface area (Å²) < 4.78 is 0. The molecule has 0 amide bonds. The summed E-state index contributed by atoms with van der Waals surface area (Å²) in [6, 6.07) is 5.54. The van der Waals surface area contributed by atoms with Crippen molar-refractivity contribution in [2.45, 2.75) is 25.3 Å². The van der Waals surface area contributed by atoms with E-state index >= 15 is 0 Å². The number of hydrogen-bond acceptors (Lipinski definition) is 3. The van der Waals surface area contributed by atoms with Crippen LogP contribution in [0, 0.1) is 5.92 Å². The summed E-state index contributed by atoms with van der Waals surface area (Å²) in [5, 5.41) is 0. The third kappa shape index (κ3) is 2.09. The molecule has 1 aromatic carbocycles. The van der Waals surface area contributed by atoms with Gasteiger partial charge >= 0.3 is 11.1 Å². The van der Waals surface area contributed by atoms with Crippen molar-refractivity contribution in [3.63, 3.8) is 0 Å². The first-order chi connectivity index (χ1) is 8.63. The molecule has 1 fully saturated rings. The SMILES string of the molecule is NC(CC1CC1)c1ccc2[nH]c(=O)c(=O)[nH]c2c1. The zero-order valence-electron chi connectivity index (χ0n) is 9.90. The number of fused-ring (bicyclic) bond motifs is 1. The lowest BCUT2D eigenvalue weighted by atomic mass is 10.0. The second kappa shape index (κ2) is 4.10. The maximum Gasteiger partial charge on any atom is 0.314 e. The highest BCUT2D eigenvalue weighted by molar-refractivity contribution is 5.74. The maximum atomic E-state index is 11.3. The predicted molar refractivity (Wildman–Crippen MR) is 69.5 cm³/mol. The molecule has 1 aromatic heterocycles. The maximum absolute atomic E-state index is 11.3. The van der Waals surface area contributed by atoms with Crippen LogP contribution in [-0.4, -0.2) is 9.97 Å². The van der Waals surface area contributed by atoms with Gasteiger partial charge in [0.25, 0.3) is 0 Å².